The van der Waals surface area contributed by atoms with Gasteiger partial charge in [0.05, 0.1) is 6.04 Å². The molecule has 0 aliphatic carbocycles. The molecule has 0 radical (unpaired) electrons. The van der Waals surface area contributed by atoms with E-state index in [0.717, 1.165) is 17.7 Å². The maximum Gasteiger partial charge on any atom is 0.257 e. The molecule has 2 aromatic rings. The fourth-order valence-electron chi connectivity index (χ4n) is 2.90. The zero-order chi connectivity index (χ0) is 18.0. The summed E-state index contributed by atoms with van der Waals surface area (Å²) in [6, 6.07) is 9.02. The Bertz CT molecular complexity index is 769. The number of carbonyl (C=O) groups excluding carboxylic acids is 2. The molecule has 1 aliphatic heterocycles. The van der Waals surface area contributed by atoms with Crippen LogP contribution in [0.1, 0.15) is 24.1 Å². The van der Waals surface area contributed by atoms with Gasteiger partial charge in [0, 0.05) is 25.9 Å². The van der Waals surface area contributed by atoms with Crippen molar-refractivity contribution in [1.82, 2.24) is 14.7 Å². The highest BCUT2D eigenvalue weighted by atomic mass is 16.5. The molecule has 0 unspecified atom stereocenters. The van der Waals surface area contributed by atoms with Gasteiger partial charge in [-0.2, -0.15) is 5.10 Å². The van der Waals surface area contributed by atoms with Gasteiger partial charge in [0.2, 0.25) is 5.91 Å². The molecule has 0 spiro atoms. The van der Waals surface area contributed by atoms with E-state index in [2.05, 4.69) is 10.4 Å². The van der Waals surface area contributed by atoms with E-state index in [4.69, 9.17) is 4.74 Å². The van der Waals surface area contributed by atoms with Crippen molar-refractivity contribution in [3.05, 3.63) is 47.7 Å². The highest BCUT2D eigenvalue weighted by Gasteiger charge is 2.40. The molecular formula is C18H22N4O3. The average Bonchev–Trinajstić information content (AvgIpc) is 3.05. The second kappa shape index (κ2) is 7.06. The fourth-order valence-corrected chi connectivity index (χ4v) is 2.90. The Morgan fingerprint density at radius 3 is 2.68 bits per heavy atom. The lowest BCUT2D eigenvalue weighted by atomic mass is 9.97. The second-order valence-electron chi connectivity index (χ2n) is 6.14. The third kappa shape index (κ3) is 3.56. The van der Waals surface area contributed by atoms with E-state index in [1.54, 1.807) is 28.9 Å². The molecule has 7 nitrogen and oxygen atoms in total. The molecule has 7 heteroatoms. The largest absolute Gasteiger partial charge is 0.356 e. The van der Waals surface area contributed by atoms with Crippen molar-refractivity contribution in [2.24, 2.45) is 0 Å². The van der Waals surface area contributed by atoms with Gasteiger partial charge in [-0.1, -0.05) is 29.8 Å². The Morgan fingerprint density at radius 2 is 2.04 bits per heavy atom. The van der Waals surface area contributed by atoms with E-state index < -0.39 is 12.1 Å². The number of aryl methyl sites for hydroxylation is 2. The van der Waals surface area contributed by atoms with Crippen LogP contribution in [0.4, 0.5) is 5.82 Å². The molecule has 2 heterocycles. The lowest BCUT2D eigenvalue weighted by Gasteiger charge is -2.38. The molecule has 1 aliphatic rings. The first-order valence-corrected chi connectivity index (χ1v) is 8.27. The lowest BCUT2D eigenvalue weighted by Crippen LogP contribution is -2.51. The number of anilines is 1. The number of hydrogen-bond donors (Lipinski definition) is 1. The van der Waals surface area contributed by atoms with Crippen molar-refractivity contribution >= 4 is 17.6 Å². The first-order chi connectivity index (χ1) is 12.0. The third-order valence-corrected chi connectivity index (χ3v) is 4.38. The molecule has 132 valence electrons. The summed E-state index contributed by atoms with van der Waals surface area (Å²) in [5.74, 6) is 0.00817. The third-order valence-electron chi connectivity index (χ3n) is 4.38. The quantitative estimate of drug-likeness (QED) is 0.918. The van der Waals surface area contributed by atoms with Gasteiger partial charge in [-0.3, -0.25) is 14.3 Å². The molecule has 1 aromatic carbocycles. The van der Waals surface area contributed by atoms with Crippen LogP contribution < -0.4 is 5.32 Å². The smallest absolute Gasteiger partial charge is 0.257 e. The molecule has 2 amide bonds. The molecule has 1 saturated heterocycles. The highest BCUT2D eigenvalue weighted by Crippen LogP contribution is 2.30. The maximum absolute atomic E-state index is 12.7. The zero-order valence-electron chi connectivity index (χ0n) is 14.6. The van der Waals surface area contributed by atoms with Crippen molar-refractivity contribution in [3.63, 3.8) is 0 Å². The number of rotatable bonds is 4. The van der Waals surface area contributed by atoms with Crippen molar-refractivity contribution < 1.29 is 14.3 Å². The van der Waals surface area contributed by atoms with E-state index in [-0.39, 0.29) is 18.4 Å². The predicted octanol–water partition coefficient (Wildman–Crippen LogP) is 1.75. The van der Waals surface area contributed by atoms with Gasteiger partial charge in [0.15, 0.2) is 11.9 Å². The number of benzene rings is 1. The van der Waals surface area contributed by atoms with Gasteiger partial charge in [0.1, 0.15) is 6.61 Å². The minimum Gasteiger partial charge on any atom is -0.356 e. The van der Waals surface area contributed by atoms with Crippen molar-refractivity contribution in [1.29, 1.82) is 0 Å². The number of nitrogens with one attached hydrogen (secondary N) is 1. The number of amides is 2. The fraction of sp³-hybridized carbons (Fsp3) is 0.389. The highest BCUT2D eigenvalue weighted by molar-refractivity contribution is 5.95. The van der Waals surface area contributed by atoms with Crippen molar-refractivity contribution in [3.8, 4) is 0 Å². The van der Waals surface area contributed by atoms with Crippen LogP contribution in [0.5, 0.6) is 0 Å². The summed E-state index contributed by atoms with van der Waals surface area (Å²) in [6.07, 6.45) is 1.00. The SMILES string of the molecule is CCn1ccc(NC(=O)[C@@H]2OCC(=O)N(C)[C@H]2c2ccc(C)cc2)n1. The van der Waals surface area contributed by atoms with Crippen LogP contribution in [0.25, 0.3) is 0 Å². The van der Waals surface area contributed by atoms with Crippen LogP contribution in [0.15, 0.2) is 36.5 Å². The number of nitrogens with zero attached hydrogens (tertiary/aromatic N) is 3. The van der Waals surface area contributed by atoms with Crippen molar-refractivity contribution in [2.45, 2.75) is 32.5 Å². The summed E-state index contributed by atoms with van der Waals surface area (Å²) in [5.41, 5.74) is 1.97. The zero-order valence-corrected chi connectivity index (χ0v) is 14.6. The van der Waals surface area contributed by atoms with Gasteiger partial charge >= 0.3 is 0 Å². The summed E-state index contributed by atoms with van der Waals surface area (Å²) in [6.45, 7) is 4.57. The number of carbonyl (C=O) groups is 2. The molecule has 0 bridgehead atoms. The molecule has 3 rings (SSSR count). The monoisotopic (exact) mass is 342 g/mol. The summed E-state index contributed by atoms with van der Waals surface area (Å²) in [7, 11) is 1.70. The van der Waals surface area contributed by atoms with Crippen LogP contribution in [0.2, 0.25) is 0 Å². The summed E-state index contributed by atoms with van der Waals surface area (Å²) in [5, 5.41) is 7.03. The van der Waals surface area contributed by atoms with E-state index >= 15 is 0 Å². The minimum atomic E-state index is -0.794. The molecular weight excluding hydrogens is 320 g/mol. The molecule has 2 atom stereocenters. The van der Waals surface area contributed by atoms with Crippen LogP contribution in [0, 0.1) is 6.92 Å². The first-order valence-electron chi connectivity index (χ1n) is 8.27. The van der Waals surface area contributed by atoms with E-state index in [1.165, 1.54) is 0 Å². The van der Waals surface area contributed by atoms with Gasteiger partial charge in [-0.15, -0.1) is 0 Å². The minimum absolute atomic E-state index is 0.111. The standard InChI is InChI=1S/C18H22N4O3/c1-4-22-10-9-14(20-22)19-18(24)17-16(21(3)15(23)11-25-17)13-7-5-12(2)6-8-13/h5-10,16-17H,4,11H2,1-3H3,(H,19,20,24)/t16-,17+/m0/s1. The molecule has 1 N–H and O–H groups in total. The van der Waals surface area contributed by atoms with Crippen LogP contribution in [-0.2, 0) is 20.9 Å². The van der Waals surface area contributed by atoms with Gasteiger partial charge < -0.3 is 15.0 Å². The average molecular weight is 342 g/mol. The van der Waals surface area contributed by atoms with Gasteiger partial charge in [0.25, 0.3) is 5.91 Å². The number of morpholine rings is 1. The summed E-state index contributed by atoms with van der Waals surface area (Å²) in [4.78, 5) is 26.4. The topological polar surface area (TPSA) is 76.5 Å². The Balaban J connectivity index is 1.84. The Morgan fingerprint density at radius 1 is 1.32 bits per heavy atom. The van der Waals surface area contributed by atoms with Crippen LogP contribution in [-0.4, -0.2) is 46.3 Å². The van der Waals surface area contributed by atoms with Crippen LogP contribution >= 0.6 is 0 Å². The number of ether oxygens (including phenoxy) is 1. The Labute approximate surface area is 146 Å². The Hall–Kier alpha value is -2.67. The normalized spacial score (nSPS) is 20.6. The lowest BCUT2D eigenvalue weighted by molar-refractivity contribution is -0.160. The predicted molar refractivity (Wildman–Crippen MR) is 93.0 cm³/mol. The Kier molecular flexibility index (Phi) is 4.85. The summed E-state index contributed by atoms with van der Waals surface area (Å²) >= 11 is 0. The van der Waals surface area contributed by atoms with E-state index in [0.29, 0.717) is 5.82 Å². The molecule has 1 fully saturated rings. The van der Waals surface area contributed by atoms with Gasteiger partial charge in [-0.25, -0.2) is 0 Å². The van der Waals surface area contributed by atoms with E-state index in [1.807, 2.05) is 38.1 Å². The molecule has 25 heavy (non-hydrogen) atoms. The number of likely N-dealkylation sites (N-methyl/N-ethyl adjacent to an activating group) is 1. The summed E-state index contributed by atoms with van der Waals surface area (Å²) < 4.78 is 7.31. The van der Waals surface area contributed by atoms with Gasteiger partial charge in [-0.05, 0) is 19.4 Å². The van der Waals surface area contributed by atoms with Crippen LogP contribution in [0.3, 0.4) is 0 Å². The maximum atomic E-state index is 12.7. The van der Waals surface area contributed by atoms with Crippen molar-refractivity contribution in [2.75, 3.05) is 19.0 Å². The number of aromatic nitrogens is 2. The number of hydrogen-bond acceptors (Lipinski definition) is 4. The molecule has 1 aromatic heterocycles. The molecule has 0 saturated carbocycles. The second-order valence-corrected chi connectivity index (χ2v) is 6.14. The first kappa shape index (κ1) is 17.2. The van der Waals surface area contributed by atoms with E-state index in [9.17, 15) is 9.59 Å².